The molecule has 4 nitrogen and oxygen atoms in total. The summed E-state index contributed by atoms with van der Waals surface area (Å²) in [5.41, 5.74) is 3.26. The van der Waals surface area contributed by atoms with Gasteiger partial charge in [-0.3, -0.25) is 0 Å². The Morgan fingerprint density at radius 3 is 2.91 bits per heavy atom. The Kier molecular flexibility index (Phi) is 3.70. The average molecular weight is 313 g/mol. The fourth-order valence-corrected chi connectivity index (χ4v) is 4.24. The van der Waals surface area contributed by atoms with E-state index in [1.165, 1.54) is 36.9 Å². The van der Waals surface area contributed by atoms with Gasteiger partial charge in [-0.25, -0.2) is 4.79 Å². The Bertz CT molecular complexity index is 596. The van der Waals surface area contributed by atoms with E-state index in [1.807, 2.05) is 4.90 Å². The molecule has 1 unspecified atom stereocenters. The summed E-state index contributed by atoms with van der Waals surface area (Å²) < 4.78 is 0. The lowest BCUT2D eigenvalue weighted by Crippen LogP contribution is -2.49. The van der Waals surface area contributed by atoms with Crippen LogP contribution in [0.4, 0.5) is 10.5 Å². The molecule has 2 fully saturated rings. The van der Waals surface area contributed by atoms with E-state index >= 15 is 0 Å². The number of piperidine rings is 1. The first kappa shape index (κ1) is 14.9. The predicted octanol–water partition coefficient (Wildman–Crippen LogP) is 3.02. The van der Waals surface area contributed by atoms with Crippen molar-refractivity contribution in [2.24, 2.45) is 5.41 Å². The normalized spacial score (nSPS) is 22.8. The van der Waals surface area contributed by atoms with Gasteiger partial charge in [-0.15, -0.1) is 0 Å². The molecule has 0 radical (unpaired) electrons. The van der Waals surface area contributed by atoms with Crippen LogP contribution in [0.25, 0.3) is 0 Å². The predicted molar refractivity (Wildman–Crippen MR) is 92.8 cm³/mol. The fourth-order valence-electron chi connectivity index (χ4n) is 4.24. The van der Waals surface area contributed by atoms with E-state index in [9.17, 15) is 4.79 Å². The summed E-state index contributed by atoms with van der Waals surface area (Å²) in [4.78, 5) is 16.9. The molecule has 1 saturated carbocycles. The van der Waals surface area contributed by atoms with Gasteiger partial charge < -0.3 is 15.1 Å². The van der Waals surface area contributed by atoms with Crippen LogP contribution in [0.15, 0.2) is 24.3 Å². The zero-order valence-electron chi connectivity index (χ0n) is 14.1. The summed E-state index contributed by atoms with van der Waals surface area (Å²) in [6.07, 6.45) is 6.23. The van der Waals surface area contributed by atoms with E-state index in [1.54, 1.807) is 0 Å². The van der Waals surface area contributed by atoms with Crippen molar-refractivity contribution in [3.05, 3.63) is 29.8 Å². The fraction of sp³-hybridized carbons (Fsp3) is 0.632. The summed E-state index contributed by atoms with van der Waals surface area (Å²) >= 11 is 0. The molecule has 4 heteroatoms. The van der Waals surface area contributed by atoms with Crippen molar-refractivity contribution < 1.29 is 4.79 Å². The van der Waals surface area contributed by atoms with Gasteiger partial charge in [0.05, 0.1) is 0 Å². The number of para-hydroxylation sites is 1. The standard InChI is InChI=1S/C19H27N3O/c1-15(22-12-7-16-5-2-3-6-17(16)22)13-20-18(23)21-11-4-8-19(14-21)9-10-19/h2-3,5-6,15H,4,7-14H2,1H3,(H,20,23). The molecule has 2 amide bonds. The van der Waals surface area contributed by atoms with Crippen LogP contribution < -0.4 is 10.2 Å². The molecule has 1 aromatic rings. The second-order valence-electron chi connectivity index (χ2n) is 7.63. The summed E-state index contributed by atoms with van der Waals surface area (Å²) in [5.74, 6) is 0. The Morgan fingerprint density at radius 2 is 2.09 bits per heavy atom. The van der Waals surface area contributed by atoms with Crippen molar-refractivity contribution in [3.8, 4) is 0 Å². The van der Waals surface area contributed by atoms with Gasteiger partial charge in [-0.2, -0.15) is 0 Å². The second-order valence-corrected chi connectivity index (χ2v) is 7.63. The lowest BCUT2D eigenvalue weighted by molar-refractivity contribution is 0.158. The van der Waals surface area contributed by atoms with Crippen LogP contribution in [0.2, 0.25) is 0 Å². The van der Waals surface area contributed by atoms with E-state index in [-0.39, 0.29) is 6.03 Å². The van der Waals surface area contributed by atoms with E-state index < -0.39 is 0 Å². The Morgan fingerprint density at radius 1 is 1.26 bits per heavy atom. The molecule has 2 aliphatic heterocycles. The number of carbonyl (C=O) groups is 1. The average Bonchev–Trinajstić information content (AvgIpc) is 3.17. The van der Waals surface area contributed by atoms with Crippen LogP contribution >= 0.6 is 0 Å². The van der Waals surface area contributed by atoms with Crippen LogP contribution in [0, 0.1) is 5.41 Å². The monoisotopic (exact) mass is 313 g/mol. The first-order valence-electron chi connectivity index (χ1n) is 9.04. The first-order valence-corrected chi connectivity index (χ1v) is 9.04. The molecule has 1 N–H and O–H groups in total. The number of nitrogens with one attached hydrogen (secondary N) is 1. The molecule has 23 heavy (non-hydrogen) atoms. The SMILES string of the molecule is CC(CNC(=O)N1CCCC2(CC2)C1)N1CCc2ccccc21. The molecule has 0 bridgehead atoms. The molecule has 124 valence electrons. The van der Waals surface area contributed by atoms with Crippen LogP contribution in [-0.2, 0) is 6.42 Å². The molecule has 3 aliphatic rings. The number of hydrogen-bond acceptors (Lipinski definition) is 2. The number of carbonyl (C=O) groups excluding carboxylic acids is 1. The molecule has 1 atom stereocenters. The van der Waals surface area contributed by atoms with E-state index in [0.29, 0.717) is 11.5 Å². The van der Waals surface area contributed by atoms with Gasteiger partial charge in [-0.1, -0.05) is 18.2 Å². The number of nitrogens with zero attached hydrogens (tertiary/aromatic N) is 2. The van der Waals surface area contributed by atoms with Gasteiger partial charge in [0.2, 0.25) is 0 Å². The molecular formula is C19H27N3O. The highest BCUT2D eigenvalue weighted by Gasteiger charge is 2.46. The summed E-state index contributed by atoms with van der Waals surface area (Å²) in [6.45, 7) is 5.88. The van der Waals surface area contributed by atoms with Crippen molar-refractivity contribution in [1.29, 1.82) is 0 Å². The van der Waals surface area contributed by atoms with Crippen LogP contribution in [-0.4, -0.2) is 43.2 Å². The smallest absolute Gasteiger partial charge is 0.317 e. The Balaban J connectivity index is 1.31. The number of benzene rings is 1. The van der Waals surface area contributed by atoms with Crippen molar-refractivity contribution >= 4 is 11.7 Å². The van der Waals surface area contributed by atoms with E-state index in [0.717, 1.165) is 32.6 Å². The lowest BCUT2D eigenvalue weighted by atomic mass is 9.95. The quantitative estimate of drug-likeness (QED) is 0.931. The molecule has 1 saturated heterocycles. The minimum absolute atomic E-state index is 0.135. The third kappa shape index (κ3) is 2.91. The number of anilines is 1. The molecule has 0 aromatic heterocycles. The zero-order valence-corrected chi connectivity index (χ0v) is 14.1. The highest BCUT2D eigenvalue weighted by molar-refractivity contribution is 5.74. The summed E-state index contributed by atoms with van der Waals surface area (Å²) in [6, 6.07) is 9.09. The van der Waals surface area contributed by atoms with Gasteiger partial charge in [0.15, 0.2) is 0 Å². The second kappa shape index (κ2) is 5.73. The van der Waals surface area contributed by atoms with Gasteiger partial charge >= 0.3 is 6.03 Å². The summed E-state index contributed by atoms with van der Waals surface area (Å²) in [7, 11) is 0. The van der Waals surface area contributed by atoms with Crippen LogP contribution in [0.1, 0.15) is 38.2 Å². The van der Waals surface area contributed by atoms with Gasteiger partial charge in [0.1, 0.15) is 0 Å². The van der Waals surface area contributed by atoms with Crippen molar-refractivity contribution in [3.63, 3.8) is 0 Å². The van der Waals surface area contributed by atoms with Crippen molar-refractivity contribution in [1.82, 2.24) is 10.2 Å². The molecule has 4 rings (SSSR count). The number of likely N-dealkylation sites (tertiary alicyclic amines) is 1. The highest BCUT2D eigenvalue weighted by Crippen LogP contribution is 2.51. The molecule has 1 aromatic carbocycles. The number of hydrogen-bond donors (Lipinski definition) is 1. The topological polar surface area (TPSA) is 35.6 Å². The first-order chi connectivity index (χ1) is 11.2. The zero-order chi connectivity index (χ0) is 15.9. The Hall–Kier alpha value is -1.71. The molecular weight excluding hydrogens is 286 g/mol. The van der Waals surface area contributed by atoms with Gasteiger partial charge in [0, 0.05) is 37.9 Å². The maximum atomic E-state index is 12.5. The van der Waals surface area contributed by atoms with Crippen LogP contribution in [0.3, 0.4) is 0 Å². The van der Waals surface area contributed by atoms with E-state index in [2.05, 4.69) is 41.4 Å². The third-order valence-electron chi connectivity index (χ3n) is 5.91. The maximum Gasteiger partial charge on any atom is 0.317 e. The number of urea groups is 1. The van der Waals surface area contributed by atoms with Gasteiger partial charge in [0.25, 0.3) is 0 Å². The highest BCUT2D eigenvalue weighted by atomic mass is 16.2. The minimum atomic E-state index is 0.135. The largest absolute Gasteiger partial charge is 0.366 e. The van der Waals surface area contributed by atoms with Crippen LogP contribution in [0.5, 0.6) is 0 Å². The number of rotatable bonds is 3. The number of fused-ring (bicyclic) bond motifs is 1. The van der Waals surface area contributed by atoms with Crippen molar-refractivity contribution in [2.45, 2.75) is 45.1 Å². The molecule has 2 heterocycles. The minimum Gasteiger partial charge on any atom is -0.366 e. The van der Waals surface area contributed by atoms with Crippen molar-refractivity contribution in [2.75, 3.05) is 31.1 Å². The maximum absolute atomic E-state index is 12.5. The Labute approximate surface area is 138 Å². The van der Waals surface area contributed by atoms with Gasteiger partial charge in [-0.05, 0) is 56.1 Å². The molecule has 1 spiro atoms. The molecule has 1 aliphatic carbocycles. The third-order valence-corrected chi connectivity index (χ3v) is 5.91. The van der Waals surface area contributed by atoms with E-state index in [4.69, 9.17) is 0 Å². The lowest BCUT2D eigenvalue weighted by Gasteiger charge is -2.34. The summed E-state index contributed by atoms with van der Waals surface area (Å²) in [5, 5.41) is 3.17. The number of amides is 2.